The van der Waals surface area contributed by atoms with Gasteiger partial charge in [0.2, 0.25) is 23.6 Å². The van der Waals surface area contributed by atoms with Gasteiger partial charge >= 0.3 is 18.2 Å². The first kappa shape index (κ1) is 64.9. The second kappa shape index (κ2) is 28.8. The highest BCUT2D eigenvalue weighted by atomic mass is 35.5. The Morgan fingerprint density at radius 2 is 1.67 bits per heavy atom. The van der Waals surface area contributed by atoms with E-state index in [-0.39, 0.29) is 65.6 Å². The number of fused-ring (bicyclic) bond motifs is 5. The summed E-state index contributed by atoms with van der Waals surface area (Å²) < 4.78 is 29.3. The van der Waals surface area contributed by atoms with Crippen LogP contribution in [0.15, 0.2) is 66.3 Å². The lowest BCUT2D eigenvalue weighted by Gasteiger charge is -2.42. The predicted molar refractivity (Wildman–Crippen MR) is 307 cm³/mol. The number of amides is 10. The van der Waals surface area contributed by atoms with Crippen LogP contribution in [-0.4, -0.2) is 146 Å². The van der Waals surface area contributed by atoms with Gasteiger partial charge in [-0.15, -0.1) is 0 Å². The quantitative estimate of drug-likeness (QED) is 0.0409. The van der Waals surface area contributed by atoms with Crippen molar-refractivity contribution < 1.29 is 71.9 Å². The number of benzene rings is 2. The van der Waals surface area contributed by atoms with Gasteiger partial charge in [0.1, 0.15) is 46.8 Å². The zero-order valence-electron chi connectivity index (χ0n) is 47.8. The number of unbranched alkanes of at least 4 members (excludes halogenated alkanes) is 3. The molecule has 0 aromatic heterocycles. The highest BCUT2D eigenvalue weighted by Gasteiger charge is 2.64. The number of hydrogen-bond donors (Lipinski definition) is 8. The van der Waals surface area contributed by atoms with E-state index in [1.54, 1.807) is 52.0 Å². The molecule has 4 aliphatic rings. The molecular weight excluding hydrogens is 1120 g/mol. The lowest BCUT2D eigenvalue weighted by molar-refractivity contribution is -0.142. The third-order valence-corrected chi connectivity index (χ3v) is 15.7. The minimum Gasteiger partial charge on any atom is -0.495 e. The second-order valence-electron chi connectivity index (χ2n) is 21.6. The van der Waals surface area contributed by atoms with Gasteiger partial charge < -0.3 is 60.7 Å². The first-order chi connectivity index (χ1) is 39.3. The Morgan fingerprint density at radius 1 is 0.952 bits per heavy atom. The molecular formula is C57H75Cl2N9O15. The van der Waals surface area contributed by atoms with Crippen LogP contribution in [0, 0.1) is 11.8 Å². The van der Waals surface area contributed by atoms with E-state index in [1.807, 2.05) is 13.0 Å². The summed E-state index contributed by atoms with van der Waals surface area (Å²) in [6.07, 6.45) is 3.83. The van der Waals surface area contributed by atoms with Gasteiger partial charge in [0, 0.05) is 63.8 Å². The molecule has 0 radical (unpaired) electrons. The third kappa shape index (κ3) is 17.2. The molecule has 83 heavy (non-hydrogen) atoms. The number of carbonyl (C=O) groups is 9. The largest absolute Gasteiger partial charge is 0.495 e. The Hall–Kier alpha value is -7.25. The third-order valence-electron chi connectivity index (χ3n) is 15.0. The normalized spacial score (nSPS) is 25.2. The van der Waals surface area contributed by atoms with E-state index in [9.17, 15) is 48.3 Å². The van der Waals surface area contributed by atoms with E-state index in [0.717, 1.165) is 16.0 Å². The molecule has 0 saturated carbocycles. The molecule has 10 amide bonds. The molecule has 4 heterocycles. The summed E-state index contributed by atoms with van der Waals surface area (Å²) >= 11 is 13.6. The predicted octanol–water partition coefficient (Wildman–Crippen LogP) is 5.91. The van der Waals surface area contributed by atoms with Crippen molar-refractivity contribution >= 4 is 93.9 Å². The lowest BCUT2D eigenvalue weighted by Crippen LogP contribution is -2.63. The molecule has 6 rings (SSSR count). The number of nitrogens with two attached hydrogens (primary N) is 1. The average Bonchev–Trinajstić information content (AvgIpc) is 3.94. The SMILES string of the molecule is COc1cc2cc(c1Cl)N(C)C(=O)C[C@H](OC(=O)Nc1ccc(NC(=O)[C@H](CCCCNC(N)=O)NC(=O)[C@@H](NC(=O)CCCCCN3C(=O)C=CC3=O)C(C)C)cc1Cl)[C@]1(C)O[C@H]1[C@H](C)[C@@H]1C[C@@](O)(NC(=O)O1)[C@H](OC)/C=C/C=C(\C)C2. The van der Waals surface area contributed by atoms with Gasteiger partial charge in [-0.05, 0) is 94.2 Å². The van der Waals surface area contributed by atoms with Crippen LogP contribution in [0.4, 0.5) is 31.4 Å². The van der Waals surface area contributed by atoms with Gasteiger partial charge in [0.15, 0.2) is 5.72 Å². The number of anilines is 3. The summed E-state index contributed by atoms with van der Waals surface area (Å²) in [4.78, 5) is 120. The molecule has 0 unspecified atom stereocenters. The number of ether oxygens (including phenoxy) is 5. The van der Waals surface area contributed by atoms with E-state index < -0.39 is 108 Å². The summed E-state index contributed by atoms with van der Waals surface area (Å²) in [5.41, 5.74) is 4.09. The Morgan fingerprint density at radius 3 is 2.34 bits per heavy atom. The molecule has 9 N–H and O–H groups in total. The van der Waals surface area contributed by atoms with Crippen LogP contribution in [-0.2, 0) is 54.1 Å². The number of primary amides is 1. The molecule has 452 valence electrons. The van der Waals surface area contributed by atoms with E-state index >= 15 is 0 Å². The van der Waals surface area contributed by atoms with Gasteiger partial charge in [-0.25, -0.2) is 14.4 Å². The number of hydrogen-bond acceptors (Lipinski definition) is 15. The van der Waals surface area contributed by atoms with Crippen LogP contribution in [0.2, 0.25) is 10.0 Å². The number of imide groups is 1. The maximum absolute atomic E-state index is 14.4. The topological polar surface area (TPSA) is 328 Å². The Kier molecular flexibility index (Phi) is 22.5. The summed E-state index contributed by atoms with van der Waals surface area (Å²) in [5, 5.41) is 27.9. The molecule has 2 saturated heterocycles. The number of rotatable bonds is 21. The summed E-state index contributed by atoms with van der Waals surface area (Å²) in [5.74, 6) is -3.69. The number of epoxide rings is 1. The molecule has 4 aliphatic heterocycles. The summed E-state index contributed by atoms with van der Waals surface area (Å²) in [7, 11) is 4.37. The fourth-order valence-electron chi connectivity index (χ4n) is 10.2. The Balaban J connectivity index is 1.17. The first-order valence-corrected chi connectivity index (χ1v) is 28.2. The van der Waals surface area contributed by atoms with Crippen molar-refractivity contribution in [1.29, 1.82) is 0 Å². The molecule has 0 spiro atoms. The van der Waals surface area contributed by atoms with Gasteiger partial charge in [0.25, 0.3) is 11.8 Å². The Bertz CT molecular complexity index is 2870. The van der Waals surface area contributed by atoms with Crippen molar-refractivity contribution in [3.05, 3.63) is 81.9 Å². The fourth-order valence-corrected chi connectivity index (χ4v) is 10.7. The standard InChI is InChI=1S/C57H75Cl2N9O15/c1-31(2)49(65-44(69)18-10-9-13-24-68-45(70)21-22-46(68)71)52(74)63-38(16-11-12-23-61-53(60)75)51(73)62-35-19-20-37(36(58)28-35)64-54(76)82-43-29-47(72)67(6)39-26-34(27-40(79-7)48(39)59)25-32(3)15-14-17-42(80-8)57(78)30-41(81-55(77)66-57)33(4)50-56(43,5)83-50/h14-15,17,19-22,26-28,31,33,38,41-43,49-50,78H,9-13,16,18,23-25,29-30H2,1-8H3,(H,62,73)(H,63,74)(H,64,76)(H,65,69)(H,66,77)(H3,60,61,75)/b17-14+,32-15+/t33-,38+,41+,42-,43+,49+,50+,56+,57+/m1/s1. The zero-order valence-corrected chi connectivity index (χ0v) is 49.3. The number of urea groups is 1. The average molecular weight is 1200 g/mol. The van der Waals surface area contributed by atoms with Crippen LogP contribution < -0.4 is 47.3 Å². The van der Waals surface area contributed by atoms with Crippen LogP contribution >= 0.6 is 23.2 Å². The Labute approximate surface area is 491 Å². The summed E-state index contributed by atoms with van der Waals surface area (Å²) in [6, 6.07) is 4.80. The zero-order chi connectivity index (χ0) is 60.9. The van der Waals surface area contributed by atoms with Crippen molar-refractivity contribution in [1.82, 2.24) is 26.2 Å². The van der Waals surface area contributed by atoms with Gasteiger partial charge in [-0.1, -0.05) is 74.2 Å². The second-order valence-corrected chi connectivity index (χ2v) is 22.4. The van der Waals surface area contributed by atoms with Crippen LogP contribution in [0.5, 0.6) is 5.75 Å². The van der Waals surface area contributed by atoms with Crippen LogP contribution in [0.25, 0.3) is 0 Å². The fraction of sp³-hybridized carbons (Fsp3) is 0.526. The smallest absolute Gasteiger partial charge is 0.412 e. The number of alkyl carbamates (subject to hydrolysis) is 1. The number of nitrogens with one attached hydrogen (secondary N) is 6. The molecule has 2 aromatic rings. The number of aliphatic hydroxyl groups is 1. The maximum Gasteiger partial charge on any atom is 0.412 e. The van der Waals surface area contributed by atoms with Crippen molar-refractivity contribution in [2.45, 2.75) is 147 Å². The number of methoxy groups -OCH3 is 2. The highest BCUT2D eigenvalue weighted by molar-refractivity contribution is 6.35. The van der Waals surface area contributed by atoms with Gasteiger partial charge in [-0.2, -0.15) is 0 Å². The number of carbonyl (C=O) groups excluding carboxylic acids is 9. The molecule has 2 aromatic carbocycles. The highest BCUT2D eigenvalue weighted by Crippen LogP contribution is 2.49. The van der Waals surface area contributed by atoms with Crippen LogP contribution in [0.3, 0.4) is 0 Å². The number of allylic oxidation sites excluding steroid dienone is 3. The number of halogens is 2. The van der Waals surface area contributed by atoms with Gasteiger partial charge in [0.05, 0.1) is 36.0 Å². The van der Waals surface area contributed by atoms with Crippen molar-refractivity contribution in [2.24, 2.45) is 17.6 Å². The van der Waals surface area contributed by atoms with E-state index in [4.69, 9.17) is 52.6 Å². The monoisotopic (exact) mass is 1200 g/mol. The molecule has 9 atom stereocenters. The number of nitrogens with zero attached hydrogens (tertiary/aromatic N) is 2. The minimum absolute atomic E-state index is 0.0418. The maximum atomic E-state index is 14.4. The van der Waals surface area contributed by atoms with E-state index in [2.05, 4.69) is 31.9 Å². The molecule has 4 bridgehead atoms. The molecule has 24 nitrogen and oxygen atoms in total. The van der Waals surface area contributed by atoms with Crippen LogP contribution in [0.1, 0.15) is 98.0 Å². The first-order valence-electron chi connectivity index (χ1n) is 27.4. The van der Waals surface area contributed by atoms with Crippen molar-refractivity contribution in [3.63, 3.8) is 0 Å². The van der Waals surface area contributed by atoms with E-state index in [1.165, 1.54) is 56.5 Å². The van der Waals surface area contributed by atoms with Crippen molar-refractivity contribution in [2.75, 3.05) is 49.9 Å². The summed E-state index contributed by atoms with van der Waals surface area (Å²) in [6.45, 7) is 9.19. The van der Waals surface area contributed by atoms with Crippen molar-refractivity contribution in [3.8, 4) is 5.75 Å². The molecule has 0 aliphatic carbocycles. The molecule has 2 fully saturated rings. The lowest BCUT2D eigenvalue weighted by atomic mass is 9.83. The minimum atomic E-state index is -1.91. The van der Waals surface area contributed by atoms with E-state index in [0.29, 0.717) is 50.0 Å². The van der Waals surface area contributed by atoms with Gasteiger partial charge in [-0.3, -0.25) is 44.3 Å². The molecule has 26 heteroatoms.